The third kappa shape index (κ3) is 3.74. The summed E-state index contributed by atoms with van der Waals surface area (Å²) in [6, 6.07) is 1.32. The molecule has 3 unspecified atom stereocenters. The van der Waals surface area contributed by atoms with E-state index in [4.69, 9.17) is 0 Å². The van der Waals surface area contributed by atoms with Crippen LogP contribution in [0.3, 0.4) is 0 Å². The molecule has 1 rings (SSSR count). The van der Waals surface area contributed by atoms with Gasteiger partial charge in [-0.15, -0.1) is 0 Å². The molecule has 3 heteroatoms. The SMILES string of the molecule is CCC(O)CN(C)C1CCN(C)C(C)C1. The summed E-state index contributed by atoms with van der Waals surface area (Å²) in [5, 5.41) is 9.62. The van der Waals surface area contributed by atoms with Crippen molar-refractivity contribution in [1.82, 2.24) is 9.80 Å². The Kier molecular flexibility index (Phi) is 5.03. The fourth-order valence-electron chi connectivity index (χ4n) is 2.28. The van der Waals surface area contributed by atoms with Gasteiger partial charge in [0.05, 0.1) is 6.10 Å². The van der Waals surface area contributed by atoms with Crippen molar-refractivity contribution < 1.29 is 5.11 Å². The monoisotopic (exact) mass is 214 g/mol. The summed E-state index contributed by atoms with van der Waals surface area (Å²) in [6.07, 6.45) is 3.15. The Bertz CT molecular complexity index is 186. The number of nitrogens with zero attached hydrogens (tertiary/aromatic N) is 2. The summed E-state index contributed by atoms with van der Waals surface area (Å²) in [5.74, 6) is 0. The van der Waals surface area contributed by atoms with Gasteiger partial charge < -0.3 is 14.9 Å². The van der Waals surface area contributed by atoms with Crippen molar-refractivity contribution in [3.63, 3.8) is 0 Å². The highest BCUT2D eigenvalue weighted by Gasteiger charge is 2.26. The lowest BCUT2D eigenvalue weighted by molar-refractivity contribution is 0.0611. The van der Waals surface area contributed by atoms with Gasteiger partial charge in [0, 0.05) is 18.6 Å². The van der Waals surface area contributed by atoms with Crippen LogP contribution in [0.4, 0.5) is 0 Å². The van der Waals surface area contributed by atoms with Gasteiger partial charge in [0.25, 0.3) is 0 Å². The van der Waals surface area contributed by atoms with E-state index < -0.39 is 0 Å². The molecule has 1 aliphatic rings. The quantitative estimate of drug-likeness (QED) is 0.761. The smallest absolute Gasteiger partial charge is 0.0664 e. The molecule has 0 aromatic rings. The third-order valence-electron chi connectivity index (χ3n) is 3.77. The number of likely N-dealkylation sites (N-methyl/N-ethyl adjacent to an activating group) is 1. The van der Waals surface area contributed by atoms with Crippen molar-refractivity contribution in [2.24, 2.45) is 0 Å². The predicted molar refractivity (Wildman–Crippen MR) is 64.0 cm³/mol. The van der Waals surface area contributed by atoms with Crippen molar-refractivity contribution in [3.05, 3.63) is 0 Å². The molecule has 1 saturated heterocycles. The molecule has 0 spiro atoms. The van der Waals surface area contributed by atoms with Crippen LogP contribution in [0.1, 0.15) is 33.1 Å². The highest BCUT2D eigenvalue weighted by molar-refractivity contribution is 4.82. The fraction of sp³-hybridized carbons (Fsp3) is 1.00. The van der Waals surface area contributed by atoms with Crippen LogP contribution < -0.4 is 0 Å². The van der Waals surface area contributed by atoms with Crippen molar-refractivity contribution >= 4 is 0 Å². The van der Waals surface area contributed by atoms with Crippen LogP contribution in [0.25, 0.3) is 0 Å². The van der Waals surface area contributed by atoms with Crippen molar-refractivity contribution in [3.8, 4) is 0 Å². The van der Waals surface area contributed by atoms with Crippen LogP contribution in [0.15, 0.2) is 0 Å². The molecule has 0 amide bonds. The topological polar surface area (TPSA) is 26.7 Å². The fourth-order valence-corrected chi connectivity index (χ4v) is 2.28. The molecule has 3 nitrogen and oxygen atoms in total. The minimum absolute atomic E-state index is 0.162. The van der Waals surface area contributed by atoms with Gasteiger partial charge in [0.2, 0.25) is 0 Å². The molecule has 0 aromatic heterocycles. The highest BCUT2D eigenvalue weighted by Crippen LogP contribution is 2.19. The molecule has 90 valence electrons. The van der Waals surface area contributed by atoms with E-state index in [1.54, 1.807) is 0 Å². The van der Waals surface area contributed by atoms with Gasteiger partial charge in [-0.25, -0.2) is 0 Å². The number of hydrogen-bond donors (Lipinski definition) is 1. The molecule has 0 aliphatic carbocycles. The first-order valence-corrected chi connectivity index (χ1v) is 6.13. The number of aliphatic hydroxyl groups excluding tert-OH is 1. The minimum Gasteiger partial charge on any atom is -0.392 e. The molecule has 0 aromatic carbocycles. The second-order valence-electron chi connectivity index (χ2n) is 5.01. The average Bonchev–Trinajstić information content (AvgIpc) is 2.21. The zero-order valence-corrected chi connectivity index (χ0v) is 10.6. The maximum Gasteiger partial charge on any atom is 0.0664 e. The molecule has 1 fully saturated rings. The van der Waals surface area contributed by atoms with E-state index in [2.05, 4.69) is 30.8 Å². The largest absolute Gasteiger partial charge is 0.392 e. The van der Waals surface area contributed by atoms with E-state index >= 15 is 0 Å². The molecule has 0 saturated carbocycles. The van der Waals surface area contributed by atoms with E-state index in [9.17, 15) is 5.11 Å². The van der Waals surface area contributed by atoms with Gasteiger partial charge in [0.1, 0.15) is 0 Å². The number of piperidine rings is 1. The Morgan fingerprint density at radius 1 is 1.53 bits per heavy atom. The molecule has 0 bridgehead atoms. The minimum atomic E-state index is -0.162. The Balaban J connectivity index is 2.37. The first kappa shape index (κ1) is 12.9. The Morgan fingerprint density at radius 3 is 2.73 bits per heavy atom. The number of aliphatic hydroxyl groups is 1. The summed E-state index contributed by atoms with van der Waals surface area (Å²) in [4.78, 5) is 4.75. The zero-order chi connectivity index (χ0) is 11.4. The van der Waals surface area contributed by atoms with Gasteiger partial charge >= 0.3 is 0 Å². The van der Waals surface area contributed by atoms with Crippen LogP contribution in [-0.2, 0) is 0 Å². The maximum absolute atomic E-state index is 9.62. The van der Waals surface area contributed by atoms with Crippen molar-refractivity contribution in [2.45, 2.75) is 51.3 Å². The number of hydrogen-bond acceptors (Lipinski definition) is 3. The summed E-state index contributed by atoms with van der Waals surface area (Å²) in [5.41, 5.74) is 0. The molecule has 1 heterocycles. The first-order valence-electron chi connectivity index (χ1n) is 6.13. The van der Waals surface area contributed by atoms with Crippen molar-refractivity contribution in [2.75, 3.05) is 27.2 Å². The van der Waals surface area contributed by atoms with Gasteiger partial charge in [-0.05, 0) is 46.8 Å². The number of likely N-dealkylation sites (tertiary alicyclic amines) is 1. The summed E-state index contributed by atoms with van der Waals surface area (Å²) < 4.78 is 0. The van der Waals surface area contributed by atoms with Gasteiger partial charge in [-0.1, -0.05) is 6.92 Å². The lowest BCUT2D eigenvalue weighted by atomic mass is 9.97. The van der Waals surface area contributed by atoms with Gasteiger partial charge in [-0.3, -0.25) is 0 Å². The Morgan fingerprint density at radius 2 is 2.20 bits per heavy atom. The molecular formula is C12H26N2O. The second-order valence-corrected chi connectivity index (χ2v) is 5.01. The summed E-state index contributed by atoms with van der Waals surface area (Å²) >= 11 is 0. The van der Waals surface area contributed by atoms with Crippen LogP contribution in [-0.4, -0.2) is 60.3 Å². The predicted octanol–water partition coefficient (Wildman–Crippen LogP) is 1.17. The summed E-state index contributed by atoms with van der Waals surface area (Å²) in [7, 11) is 4.34. The Labute approximate surface area is 94.1 Å². The highest BCUT2D eigenvalue weighted by atomic mass is 16.3. The van der Waals surface area contributed by atoms with Crippen LogP contribution in [0.5, 0.6) is 0 Å². The van der Waals surface area contributed by atoms with Crippen molar-refractivity contribution in [1.29, 1.82) is 0 Å². The molecule has 3 atom stereocenters. The zero-order valence-electron chi connectivity index (χ0n) is 10.6. The second kappa shape index (κ2) is 5.83. The standard InChI is InChI=1S/C12H26N2O/c1-5-12(15)9-14(4)11-6-7-13(3)10(2)8-11/h10-12,15H,5-9H2,1-4H3. The Hall–Kier alpha value is -0.120. The van der Waals surface area contributed by atoms with Gasteiger partial charge in [0.15, 0.2) is 0 Å². The molecular weight excluding hydrogens is 188 g/mol. The van der Waals surface area contributed by atoms with Gasteiger partial charge in [-0.2, -0.15) is 0 Å². The van der Waals surface area contributed by atoms with E-state index in [1.807, 2.05) is 6.92 Å². The summed E-state index contributed by atoms with van der Waals surface area (Å²) in [6.45, 7) is 6.32. The van der Waals surface area contributed by atoms with E-state index in [-0.39, 0.29) is 6.10 Å². The van der Waals surface area contributed by atoms with E-state index in [0.717, 1.165) is 13.0 Å². The van der Waals surface area contributed by atoms with Crippen LogP contribution in [0, 0.1) is 0 Å². The molecule has 1 N–H and O–H groups in total. The number of rotatable bonds is 4. The first-order chi connectivity index (χ1) is 7.04. The third-order valence-corrected chi connectivity index (χ3v) is 3.77. The normalized spacial score (nSPS) is 30.8. The molecule has 0 radical (unpaired) electrons. The maximum atomic E-state index is 9.62. The lowest BCUT2D eigenvalue weighted by Crippen LogP contribution is -2.47. The lowest BCUT2D eigenvalue weighted by Gasteiger charge is -2.39. The molecule has 1 aliphatic heterocycles. The molecule has 15 heavy (non-hydrogen) atoms. The van der Waals surface area contributed by atoms with Crippen LogP contribution >= 0.6 is 0 Å². The average molecular weight is 214 g/mol. The van der Waals surface area contributed by atoms with E-state index in [1.165, 1.54) is 19.4 Å². The van der Waals surface area contributed by atoms with E-state index in [0.29, 0.717) is 12.1 Å². The van der Waals surface area contributed by atoms with Crippen LogP contribution in [0.2, 0.25) is 0 Å².